The predicted molar refractivity (Wildman–Crippen MR) is 53.2 cm³/mol. The van der Waals surface area contributed by atoms with Crippen LogP contribution in [-0.4, -0.2) is 31.9 Å². The van der Waals surface area contributed by atoms with Crippen molar-refractivity contribution in [2.75, 3.05) is 14.1 Å². The molecule has 0 aromatic heterocycles. The summed E-state index contributed by atoms with van der Waals surface area (Å²) in [5.74, 6) is 0. The lowest BCUT2D eigenvalue weighted by Gasteiger charge is -2.11. The van der Waals surface area contributed by atoms with Crippen LogP contribution in [0.25, 0.3) is 0 Å². The Balaban J connectivity index is 3.10. The molecule has 5 heteroatoms. The van der Waals surface area contributed by atoms with Crippen molar-refractivity contribution in [1.29, 1.82) is 0 Å². The van der Waals surface area contributed by atoms with Gasteiger partial charge in [-0.25, -0.2) is 12.7 Å². The number of nitrogens with zero attached hydrogens (tertiary/aromatic N) is 1. The van der Waals surface area contributed by atoms with Gasteiger partial charge < -0.3 is 5.11 Å². The molecule has 0 fully saturated rings. The molecule has 0 amide bonds. The summed E-state index contributed by atoms with van der Waals surface area (Å²) in [6.07, 6.45) is 0. The zero-order chi connectivity index (χ0) is 10.8. The summed E-state index contributed by atoms with van der Waals surface area (Å²) < 4.78 is 24.3. The van der Waals surface area contributed by atoms with Gasteiger partial charge in [-0.3, -0.25) is 0 Å². The molecule has 0 radical (unpaired) electrons. The molecule has 0 aliphatic heterocycles. The van der Waals surface area contributed by atoms with Crippen LogP contribution in [0, 0.1) is 0 Å². The maximum absolute atomic E-state index is 11.6. The van der Waals surface area contributed by atoms with E-state index < -0.39 is 10.0 Å². The Labute approximate surface area is 83.8 Å². The van der Waals surface area contributed by atoms with E-state index in [0.29, 0.717) is 5.56 Å². The molecule has 0 heterocycles. The summed E-state index contributed by atoms with van der Waals surface area (Å²) in [7, 11) is -0.387. The van der Waals surface area contributed by atoms with Crippen LogP contribution in [0.2, 0.25) is 0 Å². The predicted octanol–water partition coefficient (Wildman–Crippen LogP) is 0.429. The maximum Gasteiger partial charge on any atom is 0.242 e. The number of rotatable bonds is 3. The van der Waals surface area contributed by atoms with Crippen LogP contribution in [-0.2, 0) is 16.6 Å². The van der Waals surface area contributed by atoms with Gasteiger partial charge in [0.1, 0.15) is 0 Å². The molecule has 4 nitrogen and oxygen atoms in total. The van der Waals surface area contributed by atoms with E-state index in [9.17, 15) is 8.42 Å². The highest BCUT2D eigenvalue weighted by Gasteiger charge is 2.16. The van der Waals surface area contributed by atoms with Crippen molar-refractivity contribution in [3.63, 3.8) is 0 Å². The molecule has 0 aliphatic rings. The third-order valence-corrected chi connectivity index (χ3v) is 3.71. The Morgan fingerprint density at radius 2 is 1.71 bits per heavy atom. The van der Waals surface area contributed by atoms with Crippen LogP contribution in [0.1, 0.15) is 5.56 Å². The van der Waals surface area contributed by atoms with E-state index in [1.54, 1.807) is 12.1 Å². The molecule has 0 atom stereocenters. The van der Waals surface area contributed by atoms with Crippen LogP contribution < -0.4 is 0 Å². The summed E-state index contributed by atoms with van der Waals surface area (Å²) in [6.45, 7) is -0.0811. The highest BCUT2D eigenvalue weighted by atomic mass is 32.2. The minimum Gasteiger partial charge on any atom is -0.392 e. The summed E-state index contributed by atoms with van der Waals surface area (Å²) in [6, 6.07) is 6.16. The van der Waals surface area contributed by atoms with Crippen molar-refractivity contribution in [3.05, 3.63) is 29.8 Å². The van der Waals surface area contributed by atoms with Crippen molar-refractivity contribution >= 4 is 10.0 Å². The van der Waals surface area contributed by atoms with Crippen LogP contribution in [0.5, 0.6) is 0 Å². The zero-order valence-electron chi connectivity index (χ0n) is 8.14. The van der Waals surface area contributed by atoms with Crippen LogP contribution in [0.3, 0.4) is 0 Å². The molecule has 1 rings (SSSR count). The van der Waals surface area contributed by atoms with Crippen molar-refractivity contribution in [2.45, 2.75) is 11.5 Å². The van der Waals surface area contributed by atoms with Crippen molar-refractivity contribution in [1.82, 2.24) is 4.31 Å². The second-order valence-electron chi connectivity index (χ2n) is 3.09. The first-order chi connectivity index (χ1) is 6.48. The van der Waals surface area contributed by atoms with Gasteiger partial charge in [0.15, 0.2) is 0 Å². The molecule has 1 aromatic carbocycles. The number of aliphatic hydroxyl groups excluding tert-OH is 1. The Kier molecular flexibility index (Phi) is 3.25. The fourth-order valence-electron chi connectivity index (χ4n) is 0.978. The van der Waals surface area contributed by atoms with E-state index in [1.165, 1.54) is 26.2 Å². The molecule has 1 N–H and O–H groups in total. The largest absolute Gasteiger partial charge is 0.392 e. The molecule has 14 heavy (non-hydrogen) atoms. The van der Waals surface area contributed by atoms with Crippen molar-refractivity contribution < 1.29 is 13.5 Å². The van der Waals surface area contributed by atoms with E-state index in [4.69, 9.17) is 5.11 Å². The first kappa shape index (κ1) is 11.2. The zero-order valence-corrected chi connectivity index (χ0v) is 8.95. The van der Waals surface area contributed by atoms with Crippen LogP contribution in [0.15, 0.2) is 29.2 Å². The van der Waals surface area contributed by atoms with Gasteiger partial charge in [0, 0.05) is 14.1 Å². The van der Waals surface area contributed by atoms with E-state index in [2.05, 4.69) is 0 Å². The van der Waals surface area contributed by atoms with E-state index >= 15 is 0 Å². The highest BCUT2D eigenvalue weighted by Crippen LogP contribution is 2.13. The average molecular weight is 215 g/mol. The molecule has 1 aromatic rings. The molecule has 0 bridgehead atoms. The number of benzene rings is 1. The monoisotopic (exact) mass is 215 g/mol. The quantitative estimate of drug-likeness (QED) is 0.795. The topological polar surface area (TPSA) is 57.6 Å². The lowest BCUT2D eigenvalue weighted by atomic mass is 10.2. The van der Waals surface area contributed by atoms with Gasteiger partial charge in [-0.2, -0.15) is 0 Å². The normalized spacial score (nSPS) is 12.0. The van der Waals surface area contributed by atoms with Crippen LogP contribution >= 0.6 is 0 Å². The number of hydrogen-bond acceptors (Lipinski definition) is 3. The second-order valence-corrected chi connectivity index (χ2v) is 5.24. The first-order valence-corrected chi connectivity index (χ1v) is 5.55. The molecule has 78 valence electrons. The van der Waals surface area contributed by atoms with Gasteiger partial charge in [0.2, 0.25) is 10.0 Å². The third kappa shape index (κ3) is 2.12. The SMILES string of the molecule is CN(C)S(=O)(=O)c1ccc(CO)cc1. The fraction of sp³-hybridized carbons (Fsp3) is 0.333. The number of sulfonamides is 1. The first-order valence-electron chi connectivity index (χ1n) is 4.11. The van der Waals surface area contributed by atoms with E-state index in [0.717, 1.165) is 4.31 Å². The molecule has 0 unspecified atom stereocenters. The van der Waals surface area contributed by atoms with Crippen molar-refractivity contribution in [3.8, 4) is 0 Å². The molecule has 0 spiro atoms. The Morgan fingerprint density at radius 3 is 2.07 bits per heavy atom. The highest BCUT2D eigenvalue weighted by molar-refractivity contribution is 7.89. The Bertz CT molecular complexity index is 395. The number of hydrogen-bond donors (Lipinski definition) is 1. The van der Waals surface area contributed by atoms with Crippen molar-refractivity contribution in [2.24, 2.45) is 0 Å². The van der Waals surface area contributed by atoms with E-state index in [-0.39, 0.29) is 11.5 Å². The third-order valence-electron chi connectivity index (χ3n) is 1.88. The minimum absolute atomic E-state index is 0.0811. The lowest BCUT2D eigenvalue weighted by Crippen LogP contribution is -2.22. The molecule has 0 saturated heterocycles. The van der Waals surface area contributed by atoms with Gasteiger partial charge in [-0.15, -0.1) is 0 Å². The molecule has 0 aliphatic carbocycles. The van der Waals surface area contributed by atoms with Crippen LogP contribution in [0.4, 0.5) is 0 Å². The summed E-state index contributed by atoms with van der Waals surface area (Å²) >= 11 is 0. The second kappa shape index (κ2) is 4.08. The standard InChI is InChI=1S/C9H13NO3S/c1-10(2)14(12,13)9-5-3-8(7-11)4-6-9/h3-6,11H,7H2,1-2H3. The Hall–Kier alpha value is -0.910. The summed E-state index contributed by atoms with van der Waals surface area (Å²) in [4.78, 5) is 0.236. The van der Waals surface area contributed by atoms with Gasteiger partial charge in [-0.1, -0.05) is 12.1 Å². The smallest absolute Gasteiger partial charge is 0.242 e. The van der Waals surface area contributed by atoms with Gasteiger partial charge in [0.25, 0.3) is 0 Å². The fourth-order valence-corrected chi connectivity index (χ4v) is 1.88. The van der Waals surface area contributed by atoms with Gasteiger partial charge in [-0.05, 0) is 17.7 Å². The maximum atomic E-state index is 11.6. The van der Waals surface area contributed by atoms with E-state index in [1.807, 2.05) is 0 Å². The minimum atomic E-state index is -3.35. The average Bonchev–Trinajstić information content (AvgIpc) is 2.17. The van der Waals surface area contributed by atoms with Gasteiger partial charge >= 0.3 is 0 Å². The summed E-state index contributed by atoms with van der Waals surface area (Å²) in [5.41, 5.74) is 0.697. The summed E-state index contributed by atoms with van der Waals surface area (Å²) in [5, 5.41) is 8.78. The molecular formula is C9H13NO3S. The Morgan fingerprint density at radius 1 is 1.21 bits per heavy atom. The number of aliphatic hydroxyl groups is 1. The lowest BCUT2D eigenvalue weighted by molar-refractivity contribution is 0.282. The molecular weight excluding hydrogens is 202 g/mol. The van der Waals surface area contributed by atoms with Gasteiger partial charge in [0.05, 0.1) is 11.5 Å². The molecule has 0 saturated carbocycles.